The number of halogens is 1. The zero-order valence-corrected chi connectivity index (χ0v) is 16.2. The maximum atomic E-state index is 13.4. The normalized spacial score (nSPS) is 11.7. The molecule has 0 aliphatic rings. The van der Waals surface area contributed by atoms with Crippen molar-refractivity contribution >= 4 is 11.9 Å². The van der Waals surface area contributed by atoms with E-state index in [1.807, 2.05) is 31.2 Å². The molecule has 0 spiro atoms. The highest BCUT2D eigenvalue weighted by Gasteiger charge is 2.21. The second kappa shape index (κ2) is 9.13. The van der Waals surface area contributed by atoms with E-state index in [-0.39, 0.29) is 13.0 Å². The quantitative estimate of drug-likeness (QED) is 0.624. The predicted molar refractivity (Wildman–Crippen MR) is 108 cm³/mol. The van der Waals surface area contributed by atoms with Crippen LogP contribution < -0.4 is 10.7 Å². The van der Waals surface area contributed by atoms with Gasteiger partial charge in [0.25, 0.3) is 5.91 Å². The summed E-state index contributed by atoms with van der Waals surface area (Å²) in [5.74, 6) is -3.21. The highest BCUT2D eigenvalue weighted by molar-refractivity contribution is 5.92. The lowest BCUT2D eigenvalue weighted by Crippen LogP contribution is -2.37. The molecular weight excluding hydrogens is 389 g/mol. The fourth-order valence-electron chi connectivity index (χ4n) is 3.00. The van der Waals surface area contributed by atoms with Crippen LogP contribution in [-0.2, 0) is 11.2 Å². The number of aryl methyl sites for hydroxylation is 1. The number of aliphatic carboxylic acids is 1. The molecule has 2 N–H and O–H groups in total. The Morgan fingerprint density at radius 1 is 1.17 bits per heavy atom. The second-order valence-electron chi connectivity index (χ2n) is 6.89. The molecule has 1 aromatic heterocycles. The van der Waals surface area contributed by atoms with E-state index < -0.39 is 34.7 Å². The third-order valence-electron chi connectivity index (χ3n) is 4.52. The predicted octanol–water partition coefficient (Wildman–Crippen LogP) is 2.35. The summed E-state index contributed by atoms with van der Waals surface area (Å²) in [4.78, 5) is 36.2. The standard InChI is InChI=1S/C22H20FN3O4/c1-14-4-2-5-15(10-14)11-16(22(29)30)13-24-21(28)20-19(27)8-9-26(25-20)18-7-3-6-17(23)12-18/h2-10,12,16H,11,13H2,1H3,(H,24,28)(H,29,30). The van der Waals surface area contributed by atoms with Crippen LogP contribution >= 0.6 is 0 Å². The Morgan fingerprint density at radius 2 is 1.93 bits per heavy atom. The molecule has 1 atom stereocenters. The lowest BCUT2D eigenvalue weighted by molar-refractivity contribution is -0.141. The number of hydrogen-bond donors (Lipinski definition) is 2. The van der Waals surface area contributed by atoms with E-state index in [1.165, 1.54) is 29.1 Å². The van der Waals surface area contributed by atoms with Gasteiger partial charge in [0.2, 0.25) is 5.43 Å². The Labute approximate surface area is 171 Å². The summed E-state index contributed by atoms with van der Waals surface area (Å²) in [6.07, 6.45) is 1.55. The number of carboxylic acid groups (broad SMARTS) is 1. The van der Waals surface area contributed by atoms with Crippen LogP contribution in [0.5, 0.6) is 0 Å². The molecule has 1 heterocycles. The topological polar surface area (TPSA) is 101 Å². The Balaban J connectivity index is 1.75. The van der Waals surface area contributed by atoms with Crippen LogP contribution in [0.15, 0.2) is 65.6 Å². The van der Waals surface area contributed by atoms with Crippen LogP contribution in [0.4, 0.5) is 4.39 Å². The monoisotopic (exact) mass is 409 g/mol. The molecule has 30 heavy (non-hydrogen) atoms. The second-order valence-corrected chi connectivity index (χ2v) is 6.89. The maximum absolute atomic E-state index is 13.4. The lowest BCUT2D eigenvalue weighted by Gasteiger charge is -2.14. The Morgan fingerprint density at radius 3 is 2.63 bits per heavy atom. The van der Waals surface area contributed by atoms with Gasteiger partial charge in [-0.15, -0.1) is 0 Å². The molecule has 2 aromatic carbocycles. The van der Waals surface area contributed by atoms with Crippen molar-refractivity contribution in [3.8, 4) is 5.69 Å². The van der Waals surface area contributed by atoms with E-state index in [9.17, 15) is 23.9 Å². The minimum atomic E-state index is -1.06. The summed E-state index contributed by atoms with van der Waals surface area (Å²) in [7, 11) is 0. The van der Waals surface area contributed by atoms with Gasteiger partial charge in [0.1, 0.15) is 5.82 Å². The van der Waals surface area contributed by atoms with Crippen LogP contribution in [0, 0.1) is 18.7 Å². The molecule has 0 saturated heterocycles. The number of carbonyl (C=O) groups excluding carboxylic acids is 1. The van der Waals surface area contributed by atoms with E-state index in [0.717, 1.165) is 17.2 Å². The SMILES string of the molecule is Cc1cccc(CC(CNC(=O)c2nn(-c3cccc(F)c3)ccc2=O)C(=O)O)c1. The first-order valence-corrected chi connectivity index (χ1v) is 9.26. The fourth-order valence-corrected chi connectivity index (χ4v) is 3.00. The van der Waals surface area contributed by atoms with Crippen molar-refractivity contribution in [1.82, 2.24) is 15.1 Å². The van der Waals surface area contributed by atoms with Gasteiger partial charge in [-0.2, -0.15) is 5.10 Å². The highest BCUT2D eigenvalue weighted by atomic mass is 19.1. The molecule has 0 aliphatic heterocycles. The third kappa shape index (κ3) is 5.16. The third-order valence-corrected chi connectivity index (χ3v) is 4.52. The van der Waals surface area contributed by atoms with Crippen molar-refractivity contribution in [2.24, 2.45) is 5.92 Å². The van der Waals surface area contributed by atoms with Crippen molar-refractivity contribution in [2.45, 2.75) is 13.3 Å². The first-order valence-electron chi connectivity index (χ1n) is 9.26. The molecule has 3 aromatic rings. The average Bonchev–Trinajstić information content (AvgIpc) is 2.71. The largest absolute Gasteiger partial charge is 0.481 e. The van der Waals surface area contributed by atoms with Crippen molar-refractivity contribution in [2.75, 3.05) is 6.54 Å². The lowest BCUT2D eigenvalue weighted by atomic mass is 9.98. The Kier molecular flexibility index (Phi) is 6.36. The van der Waals surface area contributed by atoms with Crippen LogP contribution in [-0.4, -0.2) is 33.3 Å². The van der Waals surface area contributed by atoms with E-state index in [2.05, 4.69) is 10.4 Å². The minimum Gasteiger partial charge on any atom is -0.481 e. The van der Waals surface area contributed by atoms with Crippen LogP contribution in [0.3, 0.4) is 0 Å². The fraction of sp³-hybridized carbons (Fsp3) is 0.182. The number of benzene rings is 2. The number of carbonyl (C=O) groups is 2. The zero-order valence-electron chi connectivity index (χ0n) is 16.2. The summed E-state index contributed by atoms with van der Waals surface area (Å²) >= 11 is 0. The summed E-state index contributed by atoms with van der Waals surface area (Å²) < 4.78 is 14.7. The first-order chi connectivity index (χ1) is 14.3. The maximum Gasteiger partial charge on any atom is 0.308 e. The molecule has 0 saturated carbocycles. The minimum absolute atomic E-state index is 0.169. The van der Waals surface area contributed by atoms with Crippen LogP contribution in [0.25, 0.3) is 5.69 Å². The van der Waals surface area contributed by atoms with Gasteiger partial charge in [-0.1, -0.05) is 35.9 Å². The van der Waals surface area contributed by atoms with Gasteiger partial charge in [-0.25, -0.2) is 9.07 Å². The number of hydrogen-bond acceptors (Lipinski definition) is 4. The van der Waals surface area contributed by atoms with Gasteiger partial charge < -0.3 is 10.4 Å². The van der Waals surface area contributed by atoms with Gasteiger partial charge in [0.05, 0.1) is 11.6 Å². The molecule has 0 aliphatic carbocycles. The number of nitrogens with zero attached hydrogens (tertiary/aromatic N) is 2. The van der Waals surface area contributed by atoms with Gasteiger partial charge in [0, 0.05) is 18.8 Å². The summed E-state index contributed by atoms with van der Waals surface area (Å²) in [5.41, 5.74) is 1.16. The number of amides is 1. The van der Waals surface area contributed by atoms with Gasteiger partial charge in [0.15, 0.2) is 5.69 Å². The van der Waals surface area contributed by atoms with Crippen molar-refractivity contribution in [1.29, 1.82) is 0 Å². The molecular formula is C22H20FN3O4. The molecule has 1 amide bonds. The molecule has 3 rings (SSSR count). The smallest absolute Gasteiger partial charge is 0.308 e. The summed E-state index contributed by atoms with van der Waals surface area (Å²) in [6.45, 7) is 1.74. The number of aromatic nitrogens is 2. The molecule has 0 bridgehead atoms. The van der Waals surface area contributed by atoms with Gasteiger partial charge in [-0.3, -0.25) is 14.4 Å². The van der Waals surface area contributed by atoms with Crippen molar-refractivity contribution < 1.29 is 19.1 Å². The zero-order chi connectivity index (χ0) is 21.7. The molecule has 1 unspecified atom stereocenters. The molecule has 0 fully saturated rings. The van der Waals surface area contributed by atoms with E-state index in [4.69, 9.17) is 0 Å². The van der Waals surface area contributed by atoms with Crippen molar-refractivity contribution in [3.63, 3.8) is 0 Å². The molecule has 7 nitrogen and oxygen atoms in total. The van der Waals surface area contributed by atoms with E-state index in [1.54, 1.807) is 6.07 Å². The van der Waals surface area contributed by atoms with E-state index in [0.29, 0.717) is 5.69 Å². The van der Waals surface area contributed by atoms with Gasteiger partial charge >= 0.3 is 5.97 Å². The van der Waals surface area contributed by atoms with Crippen LogP contribution in [0.1, 0.15) is 21.6 Å². The number of carboxylic acids is 1. The first kappa shape index (κ1) is 20.9. The van der Waals surface area contributed by atoms with Crippen molar-refractivity contribution in [3.05, 3.63) is 93.7 Å². The molecule has 0 radical (unpaired) electrons. The highest BCUT2D eigenvalue weighted by Crippen LogP contribution is 2.11. The Bertz CT molecular complexity index is 1140. The summed E-state index contributed by atoms with van der Waals surface area (Å²) in [5, 5.41) is 15.9. The van der Waals surface area contributed by atoms with E-state index >= 15 is 0 Å². The molecule has 154 valence electrons. The number of nitrogens with one attached hydrogen (secondary N) is 1. The van der Waals surface area contributed by atoms with Gasteiger partial charge in [-0.05, 0) is 37.1 Å². The number of rotatable bonds is 7. The summed E-state index contributed by atoms with van der Waals surface area (Å²) in [6, 6.07) is 14.1. The molecule has 8 heteroatoms. The average molecular weight is 409 g/mol. The Hall–Kier alpha value is -3.81. The van der Waals surface area contributed by atoms with Crippen LogP contribution in [0.2, 0.25) is 0 Å².